The molecule has 60 valence electrons. The van der Waals surface area contributed by atoms with Gasteiger partial charge in [-0.3, -0.25) is 4.79 Å². The fraction of sp³-hybridized carbons (Fsp3) is 0.857. The van der Waals surface area contributed by atoms with E-state index < -0.39 is 0 Å². The molecule has 0 aliphatic rings. The smallest absolute Gasteiger partial charge is 0.217 e. The molecule has 0 bridgehead atoms. The van der Waals surface area contributed by atoms with E-state index in [2.05, 4.69) is 5.32 Å². The van der Waals surface area contributed by atoms with Gasteiger partial charge in [0, 0.05) is 14.0 Å². The summed E-state index contributed by atoms with van der Waals surface area (Å²) in [6.07, 6.45) is 0. The minimum Gasteiger partial charge on any atom is -0.382 e. The van der Waals surface area contributed by atoms with Crippen molar-refractivity contribution in [3.63, 3.8) is 0 Å². The SMILES string of the molecule is COCC(C)(C)NC(C)=O. The molecular weight excluding hydrogens is 130 g/mol. The van der Waals surface area contributed by atoms with Crippen LogP contribution < -0.4 is 5.32 Å². The van der Waals surface area contributed by atoms with Crippen LogP contribution in [0.4, 0.5) is 0 Å². The van der Waals surface area contributed by atoms with Crippen LogP contribution in [0.1, 0.15) is 20.8 Å². The Morgan fingerprint density at radius 3 is 2.40 bits per heavy atom. The van der Waals surface area contributed by atoms with Crippen LogP contribution in [0.3, 0.4) is 0 Å². The molecule has 0 saturated carbocycles. The molecule has 1 N–H and O–H groups in total. The molecule has 0 aromatic carbocycles. The molecule has 10 heavy (non-hydrogen) atoms. The normalized spacial score (nSPS) is 11.2. The average Bonchev–Trinajstić information content (AvgIpc) is 1.59. The molecule has 0 radical (unpaired) electrons. The first-order valence-corrected chi connectivity index (χ1v) is 3.25. The maximum Gasteiger partial charge on any atom is 0.217 e. The lowest BCUT2D eigenvalue weighted by Crippen LogP contribution is -2.45. The number of hydrogen-bond acceptors (Lipinski definition) is 2. The summed E-state index contributed by atoms with van der Waals surface area (Å²) in [6, 6.07) is 0. The van der Waals surface area contributed by atoms with Crippen molar-refractivity contribution in [1.82, 2.24) is 5.32 Å². The summed E-state index contributed by atoms with van der Waals surface area (Å²) in [5.74, 6) is -0.0259. The molecular formula is C7H15NO2. The van der Waals surface area contributed by atoms with Gasteiger partial charge in [0.15, 0.2) is 0 Å². The van der Waals surface area contributed by atoms with Crippen LogP contribution in [0, 0.1) is 0 Å². The van der Waals surface area contributed by atoms with Gasteiger partial charge in [-0.05, 0) is 13.8 Å². The summed E-state index contributed by atoms with van der Waals surface area (Å²) < 4.78 is 4.89. The van der Waals surface area contributed by atoms with Crippen molar-refractivity contribution in [2.45, 2.75) is 26.3 Å². The van der Waals surface area contributed by atoms with Crippen molar-refractivity contribution in [2.24, 2.45) is 0 Å². The molecule has 0 aromatic rings. The molecule has 0 heterocycles. The van der Waals surface area contributed by atoms with Crippen LogP contribution in [0.15, 0.2) is 0 Å². The van der Waals surface area contributed by atoms with Crippen molar-refractivity contribution in [1.29, 1.82) is 0 Å². The Morgan fingerprint density at radius 2 is 2.10 bits per heavy atom. The van der Waals surface area contributed by atoms with E-state index in [4.69, 9.17) is 4.74 Å². The van der Waals surface area contributed by atoms with Gasteiger partial charge in [0.1, 0.15) is 0 Å². The molecule has 0 unspecified atom stereocenters. The highest BCUT2D eigenvalue weighted by atomic mass is 16.5. The van der Waals surface area contributed by atoms with E-state index in [0.717, 1.165) is 0 Å². The lowest BCUT2D eigenvalue weighted by atomic mass is 10.1. The number of carbonyl (C=O) groups excluding carboxylic acids is 1. The van der Waals surface area contributed by atoms with Gasteiger partial charge in [-0.2, -0.15) is 0 Å². The van der Waals surface area contributed by atoms with E-state index >= 15 is 0 Å². The zero-order valence-corrected chi connectivity index (χ0v) is 7.02. The summed E-state index contributed by atoms with van der Waals surface area (Å²) in [5.41, 5.74) is -0.249. The van der Waals surface area contributed by atoms with Crippen LogP contribution in [0.25, 0.3) is 0 Å². The summed E-state index contributed by atoms with van der Waals surface area (Å²) >= 11 is 0. The second-order valence-corrected chi connectivity index (χ2v) is 3.00. The van der Waals surface area contributed by atoms with E-state index in [1.165, 1.54) is 6.92 Å². The lowest BCUT2D eigenvalue weighted by molar-refractivity contribution is -0.121. The van der Waals surface area contributed by atoms with Gasteiger partial charge in [-0.1, -0.05) is 0 Å². The monoisotopic (exact) mass is 145 g/mol. The van der Waals surface area contributed by atoms with Crippen molar-refractivity contribution in [3.8, 4) is 0 Å². The van der Waals surface area contributed by atoms with Gasteiger partial charge in [0.2, 0.25) is 5.91 Å². The van der Waals surface area contributed by atoms with Crippen molar-refractivity contribution in [2.75, 3.05) is 13.7 Å². The fourth-order valence-corrected chi connectivity index (χ4v) is 0.873. The lowest BCUT2D eigenvalue weighted by Gasteiger charge is -2.24. The van der Waals surface area contributed by atoms with Gasteiger partial charge in [0.25, 0.3) is 0 Å². The molecule has 3 nitrogen and oxygen atoms in total. The number of nitrogens with one attached hydrogen (secondary N) is 1. The third-order valence-corrected chi connectivity index (χ3v) is 1.02. The fourth-order valence-electron chi connectivity index (χ4n) is 0.873. The second-order valence-electron chi connectivity index (χ2n) is 3.00. The maximum absolute atomic E-state index is 10.6. The molecule has 0 rings (SSSR count). The van der Waals surface area contributed by atoms with Gasteiger partial charge in [0.05, 0.1) is 12.1 Å². The second kappa shape index (κ2) is 3.56. The van der Waals surface area contributed by atoms with Gasteiger partial charge in [-0.25, -0.2) is 0 Å². The molecule has 0 aliphatic heterocycles. The Labute approximate surface area is 61.8 Å². The number of rotatable bonds is 3. The minimum atomic E-state index is -0.249. The van der Waals surface area contributed by atoms with E-state index in [9.17, 15) is 4.79 Å². The van der Waals surface area contributed by atoms with E-state index in [1.54, 1.807) is 7.11 Å². The van der Waals surface area contributed by atoms with Crippen LogP contribution in [0.5, 0.6) is 0 Å². The highest BCUT2D eigenvalue weighted by molar-refractivity contribution is 5.73. The third-order valence-electron chi connectivity index (χ3n) is 1.02. The summed E-state index contributed by atoms with van der Waals surface area (Å²) in [7, 11) is 1.61. The maximum atomic E-state index is 10.6. The number of ether oxygens (including phenoxy) is 1. The average molecular weight is 145 g/mol. The highest BCUT2D eigenvalue weighted by Gasteiger charge is 2.17. The molecule has 0 aromatic heterocycles. The molecule has 0 saturated heterocycles. The van der Waals surface area contributed by atoms with Gasteiger partial charge in [-0.15, -0.1) is 0 Å². The molecule has 0 aliphatic carbocycles. The Hall–Kier alpha value is -0.570. The largest absolute Gasteiger partial charge is 0.382 e. The summed E-state index contributed by atoms with van der Waals surface area (Å²) in [4.78, 5) is 10.6. The Morgan fingerprint density at radius 1 is 1.60 bits per heavy atom. The van der Waals surface area contributed by atoms with E-state index in [0.29, 0.717) is 6.61 Å². The number of carbonyl (C=O) groups is 1. The van der Waals surface area contributed by atoms with Crippen LogP contribution >= 0.6 is 0 Å². The molecule has 3 heteroatoms. The van der Waals surface area contributed by atoms with Gasteiger partial charge < -0.3 is 10.1 Å². The van der Waals surface area contributed by atoms with Crippen LogP contribution in [-0.4, -0.2) is 25.2 Å². The Kier molecular flexibility index (Phi) is 3.36. The standard InChI is InChI=1S/C7H15NO2/c1-6(9)8-7(2,3)5-10-4/h5H2,1-4H3,(H,8,9). The van der Waals surface area contributed by atoms with Crippen molar-refractivity contribution >= 4 is 5.91 Å². The summed E-state index contributed by atoms with van der Waals surface area (Å²) in [5, 5.41) is 2.76. The zero-order chi connectivity index (χ0) is 8.20. The number of methoxy groups -OCH3 is 1. The molecule has 1 amide bonds. The predicted molar refractivity (Wildman–Crippen MR) is 39.8 cm³/mol. The zero-order valence-electron chi connectivity index (χ0n) is 7.02. The quantitative estimate of drug-likeness (QED) is 0.629. The first-order valence-electron chi connectivity index (χ1n) is 3.25. The Balaban J connectivity index is 3.74. The van der Waals surface area contributed by atoms with Crippen molar-refractivity contribution < 1.29 is 9.53 Å². The number of amides is 1. The van der Waals surface area contributed by atoms with Crippen LogP contribution in [0.2, 0.25) is 0 Å². The summed E-state index contributed by atoms with van der Waals surface area (Å²) in [6.45, 7) is 5.86. The van der Waals surface area contributed by atoms with E-state index in [1.807, 2.05) is 13.8 Å². The minimum absolute atomic E-state index is 0.0259. The molecule has 0 spiro atoms. The van der Waals surface area contributed by atoms with E-state index in [-0.39, 0.29) is 11.4 Å². The van der Waals surface area contributed by atoms with Crippen LogP contribution in [-0.2, 0) is 9.53 Å². The molecule has 0 atom stereocenters. The molecule has 0 fully saturated rings. The number of hydrogen-bond donors (Lipinski definition) is 1. The predicted octanol–water partition coefficient (Wildman–Crippen LogP) is 0.547. The topological polar surface area (TPSA) is 38.3 Å². The highest BCUT2D eigenvalue weighted by Crippen LogP contribution is 2.00. The van der Waals surface area contributed by atoms with Gasteiger partial charge >= 0.3 is 0 Å². The first kappa shape index (κ1) is 9.43. The van der Waals surface area contributed by atoms with Crippen molar-refractivity contribution in [3.05, 3.63) is 0 Å². The third kappa shape index (κ3) is 4.32. The Bertz CT molecular complexity index is 121. The first-order chi connectivity index (χ1) is 4.48.